The average Bonchev–Trinajstić information content (AvgIpc) is 3.44. The summed E-state index contributed by atoms with van der Waals surface area (Å²) in [5.74, 6) is -4.16. The predicted molar refractivity (Wildman–Crippen MR) is 154 cm³/mol. The van der Waals surface area contributed by atoms with Gasteiger partial charge in [-0.1, -0.05) is 30.3 Å². The molecule has 3 aromatic rings. The van der Waals surface area contributed by atoms with E-state index in [9.17, 15) is 34.2 Å². The van der Waals surface area contributed by atoms with Gasteiger partial charge in [0, 0.05) is 17.6 Å². The summed E-state index contributed by atoms with van der Waals surface area (Å²) in [6, 6.07) is 12.8. The molecule has 0 fully saturated rings. The number of hydrogen-bond donors (Lipinski definition) is 6. The lowest BCUT2D eigenvalue weighted by Gasteiger charge is -2.28. The smallest absolute Gasteiger partial charge is 0.327 e. The number of nitrogens with two attached hydrogens (primary N) is 1. The van der Waals surface area contributed by atoms with E-state index in [1.807, 2.05) is 30.3 Å². The zero-order valence-electron chi connectivity index (χ0n) is 22.3. The molecule has 0 bridgehead atoms. The van der Waals surface area contributed by atoms with Crippen LogP contribution in [0.2, 0.25) is 0 Å². The molecule has 0 aliphatic rings. The van der Waals surface area contributed by atoms with E-state index in [-0.39, 0.29) is 23.1 Å². The van der Waals surface area contributed by atoms with E-state index in [1.165, 1.54) is 29.6 Å². The van der Waals surface area contributed by atoms with Crippen molar-refractivity contribution in [3.63, 3.8) is 0 Å². The SMILES string of the molecule is NCCCOc1ccc(N(C(=O)CNC(=O)c2csc(NC(=O)NCc3ccccc3)n2)[C@@H](CC(=O)O)C(=O)O)cc1. The summed E-state index contributed by atoms with van der Waals surface area (Å²) in [5.41, 5.74) is 6.35. The molecule has 7 N–H and O–H groups in total. The van der Waals surface area contributed by atoms with Crippen molar-refractivity contribution in [1.29, 1.82) is 0 Å². The van der Waals surface area contributed by atoms with E-state index in [0.717, 1.165) is 21.8 Å². The molecule has 0 saturated heterocycles. The van der Waals surface area contributed by atoms with Gasteiger partial charge in [-0.2, -0.15) is 0 Å². The molecule has 0 unspecified atom stereocenters. The highest BCUT2D eigenvalue weighted by atomic mass is 32.1. The van der Waals surface area contributed by atoms with E-state index in [2.05, 4.69) is 20.9 Å². The lowest BCUT2D eigenvalue weighted by molar-refractivity contribution is -0.145. The molecule has 0 radical (unpaired) electrons. The molecule has 3 rings (SSSR count). The summed E-state index contributed by atoms with van der Waals surface area (Å²) < 4.78 is 5.51. The van der Waals surface area contributed by atoms with Gasteiger partial charge in [-0.25, -0.2) is 14.6 Å². The fraction of sp³-hybridized carbons (Fsp3) is 0.259. The van der Waals surface area contributed by atoms with E-state index >= 15 is 0 Å². The topological polar surface area (TPSA) is 213 Å². The van der Waals surface area contributed by atoms with Gasteiger partial charge in [0.15, 0.2) is 5.13 Å². The van der Waals surface area contributed by atoms with Crippen LogP contribution in [-0.2, 0) is 20.9 Å². The van der Waals surface area contributed by atoms with Crippen LogP contribution in [0.15, 0.2) is 60.0 Å². The maximum absolute atomic E-state index is 13.2. The Balaban J connectivity index is 1.64. The second kappa shape index (κ2) is 15.7. The summed E-state index contributed by atoms with van der Waals surface area (Å²) in [7, 11) is 0. The number of anilines is 2. The Morgan fingerprint density at radius 2 is 1.71 bits per heavy atom. The number of thiazole rings is 1. The number of benzene rings is 2. The number of aliphatic carboxylic acids is 2. The Bertz CT molecular complexity index is 1380. The number of nitrogens with zero attached hydrogens (tertiary/aromatic N) is 2. The maximum Gasteiger partial charge on any atom is 0.327 e. The minimum atomic E-state index is -1.75. The Hall–Kier alpha value is -5.02. The van der Waals surface area contributed by atoms with Gasteiger partial charge in [0.1, 0.15) is 17.5 Å². The summed E-state index contributed by atoms with van der Waals surface area (Å²) in [4.78, 5) is 66.2. The lowest BCUT2D eigenvalue weighted by atomic mass is 10.1. The number of hydrogen-bond acceptors (Lipinski definition) is 9. The predicted octanol–water partition coefficient (Wildman–Crippen LogP) is 1.88. The minimum absolute atomic E-state index is 0.0861. The van der Waals surface area contributed by atoms with Crippen LogP contribution in [0.5, 0.6) is 5.75 Å². The minimum Gasteiger partial charge on any atom is -0.494 e. The lowest BCUT2D eigenvalue weighted by Crippen LogP contribution is -2.50. The van der Waals surface area contributed by atoms with Crippen molar-refractivity contribution in [2.24, 2.45) is 5.73 Å². The molecule has 0 aliphatic heterocycles. The third-order valence-corrected chi connectivity index (χ3v) is 6.38. The number of ether oxygens (including phenoxy) is 1. The first-order valence-corrected chi connectivity index (χ1v) is 13.6. The molecule has 1 heterocycles. The van der Waals surface area contributed by atoms with Crippen LogP contribution < -0.4 is 31.3 Å². The largest absolute Gasteiger partial charge is 0.494 e. The monoisotopic (exact) mass is 598 g/mol. The number of carbonyl (C=O) groups is 5. The number of carbonyl (C=O) groups excluding carboxylic acids is 3. The molecule has 1 aromatic heterocycles. The molecular formula is C27H30N6O8S. The first-order chi connectivity index (χ1) is 20.2. The molecule has 15 heteroatoms. The van der Waals surface area contributed by atoms with Crippen LogP contribution in [0.25, 0.3) is 0 Å². The second-order valence-electron chi connectivity index (χ2n) is 8.71. The molecule has 222 valence electrons. The standard InChI is InChI=1S/C27H30N6O8S/c28-11-4-12-41-19-9-7-18(8-10-19)33(21(25(38)39)13-23(35)36)22(34)15-29-24(37)20-16-42-27(31-20)32-26(40)30-14-17-5-2-1-3-6-17/h1-3,5-10,16,21H,4,11-15,28H2,(H,29,37)(H,35,36)(H,38,39)(H2,30,31,32,40)/t21-/m0/s1. The number of aromatic nitrogens is 1. The second-order valence-corrected chi connectivity index (χ2v) is 9.57. The van der Waals surface area contributed by atoms with E-state index in [1.54, 1.807) is 0 Å². The number of nitrogens with one attached hydrogen (secondary N) is 3. The number of amides is 4. The first-order valence-electron chi connectivity index (χ1n) is 12.7. The van der Waals surface area contributed by atoms with Crippen LogP contribution in [-0.4, -0.2) is 70.7 Å². The molecule has 2 aromatic carbocycles. The van der Waals surface area contributed by atoms with Crippen LogP contribution in [0.3, 0.4) is 0 Å². The normalized spacial score (nSPS) is 11.2. The van der Waals surface area contributed by atoms with E-state index in [4.69, 9.17) is 10.5 Å². The molecule has 0 spiro atoms. The number of rotatable bonds is 15. The average molecular weight is 599 g/mol. The summed E-state index contributed by atoms with van der Waals surface area (Å²) >= 11 is 0.988. The Labute approximate surface area is 244 Å². The van der Waals surface area contributed by atoms with Gasteiger partial charge in [0.25, 0.3) is 5.91 Å². The van der Waals surface area contributed by atoms with Gasteiger partial charge in [0.2, 0.25) is 5.91 Å². The summed E-state index contributed by atoms with van der Waals surface area (Å²) in [6.07, 6.45) is -0.263. The van der Waals surface area contributed by atoms with Crippen LogP contribution in [0, 0.1) is 0 Å². The number of carboxylic acid groups (broad SMARTS) is 2. The maximum atomic E-state index is 13.2. The van der Waals surface area contributed by atoms with E-state index < -0.39 is 48.8 Å². The van der Waals surface area contributed by atoms with Gasteiger partial charge in [0.05, 0.1) is 19.6 Å². The Morgan fingerprint density at radius 1 is 1.00 bits per heavy atom. The van der Waals surface area contributed by atoms with Crippen molar-refractivity contribution in [2.45, 2.75) is 25.4 Å². The third-order valence-electron chi connectivity index (χ3n) is 5.62. The van der Waals surface area contributed by atoms with Crippen molar-refractivity contribution >= 4 is 51.9 Å². The molecule has 42 heavy (non-hydrogen) atoms. The van der Waals surface area contributed by atoms with Crippen molar-refractivity contribution < 1.29 is 38.9 Å². The van der Waals surface area contributed by atoms with Crippen molar-refractivity contribution in [3.8, 4) is 5.75 Å². The quantitative estimate of drug-likeness (QED) is 0.140. The highest BCUT2D eigenvalue weighted by Crippen LogP contribution is 2.23. The molecule has 1 atom stereocenters. The molecule has 0 aliphatic carbocycles. The molecule has 4 amide bonds. The van der Waals surface area contributed by atoms with E-state index in [0.29, 0.717) is 25.3 Å². The fourth-order valence-electron chi connectivity index (χ4n) is 3.62. The van der Waals surface area contributed by atoms with Crippen molar-refractivity contribution in [1.82, 2.24) is 15.6 Å². The van der Waals surface area contributed by atoms with Crippen molar-refractivity contribution in [2.75, 3.05) is 29.9 Å². The number of urea groups is 1. The van der Waals surface area contributed by atoms with Crippen LogP contribution in [0.1, 0.15) is 28.9 Å². The molecular weight excluding hydrogens is 568 g/mol. The molecule has 0 saturated carbocycles. The third kappa shape index (κ3) is 9.57. The summed E-state index contributed by atoms with van der Waals surface area (Å²) in [5, 5.41) is 28.0. The van der Waals surface area contributed by atoms with Gasteiger partial charge in [-0.05, 0) is 42.8 Å². The fourth-order valence-corrected chi connectivity index (χ4v) is 4.30. The van der Waals surface area contributed by atoms with Crippen molar-refractivity contribution in [3.05, 3.63) is 71.2 Å². The highest BCUT2D eigenvalue weighted by Gasteiger charge is 2.33. The first kappa shape index (κ1) is 31.5. The van der Waals surface area contributed by atoms with Gasteiger partial charge in [-0.3, -0.25) is 24.6 Å². The van der Waals surface area contributed by atoms with Gasteiger partial charge in [-0.15, -0.1) is 11.3 Å². The molecule has 14 nitrogen and oxygen atoms in total. The van der Waals surface area contributed by atoms with Gasteiger partial charge >= 0.3 is 18.0 Å². The van der Waals surface area contributed by atoms with Crippen LogP contribution >= 0.6 is 11.3 Å². The Morgan fingerprint density at radius 3 is 2.36 bits per heavy atom. The Kier molecular flexibility index (Phi) is 11.8. The summed E-state index contributed by atoms with van der Waals surface area (Å²) in [6.45, 7) is 0.417. The number of carboxylic acids is 2. The van der Waals surface area contributed by atoms with Crippen LogP contribution in [0.4, 0.5) is 15.6 Å². The highest BCUT2D eigenvalue weighted by molar-refractivity contribution is 7.14. The zero-order valence-corrected chi connectivity index (χ0v) is 23.1. The van der Waals surface area contributed by atoms with Gasteiger partial charge < -0.3 is 31.3 Å². The zero-order chi connectivity index (χ0) is 30.5.